The molecule has 0 atom stereocenters. The third kappa shape index (κ3) is 2.92. The van der Waals surface area contributed by atoms with Crippen molar-refractivity contribution >= 4 is 0 Å². The lowest BCUT2D eigenvalue weighted by molar-refractivity contribution is -0.660. The Bertz CT molecular complexity index is 1050. The van der Waals surface area contributed by atoms with E-state index in [-0.39, 0.29) is 0 Å². The zero-order valence-corrected chi connectivity index (χ0v) is 13.6. The molecule has 0 aliphatic rings. The van der Waals surface area contributed by atoms with Crippen LogP contribution in [0.3, 0.4) is 0 Å². The van der Waals surface area contributed by atoms with Gasteiger partial charge in [-0.2, -0.15) is 0 Å². The maximum Gasteiger partial charge on any atom is 0.212 e. The predicted molar refractivity (Wildman–Crippen MR) is 97.4 cm³/mol. The van der Waals surface area contributed by atoms with E-state index >= 15 is 0 Å². The number of hydrogen-bond acceptors (Lipinski definition) is 0. The van der Waals surface area contributed by atoms with Crippen LogP contribution < -0.4 is 4.57 Å². The van der Waals surface area contributed by atoms with E-state index in [9.17, 15) is 0 Å². The lowest BCUT2D eigenvalue weighted by Crippen LogP contribution is -2.31. The van der Waals surface area contributed by atoms with Crippen molar-refractivity contribution in [2.24, 2.45) is 7.05 Å². The Morgan fingerprint density at radius 3 is 2.22 bits per heavy atom. The molecule has 0 amide bonds. The van der Waals surface area contributed by atoms with Gasteiger partial charge >= 0.3 is 0 Å². The third-order valence-electron chi connectivity index (χ3n) is 4.21. The van der Waals surface area contributed by atoms with E-state index in [4.69, 9.17) is 8.22 Å². The highest BCUT2D eigenvalue weighted by Crippen LogP contribution is 2.31. The molecule has 0 bridgehead atoms. The lowest BCUT2D eigenvalue weighted by atomic mass is 9.93. The number of benzene rings is 2. The predicted octanol–water partition coefficient (Wildman–Crippen LogP) is 5.08. The van der Waals surface area contributed by atoms with E-state index in [1.165, 1.54) is 0 Å². The number of rotatable bonds is 2. The fourth-order valence-corrected chi connectivity index (χ4v) is 2.86. The SMILES string of the molecule is [2H]C([2H])([2H])c1c[n+](C)c(-c2cc(-c3ccccc3)c(C([2H])([2H])[2H])cc2C)cc1C. The van der Waals surface area contributed by atoms with Crippen LogP contribution in [-0.2, 0) is 7.05 Å². The molecular weight excluding hydrogens is 278 g/mol. The second-order valence-electron chi connectivity index (χ2n) is 5.95. The molecule has 0 unspecified atom stereocenters. The molecule has 1 heteroatoms. The zero-order chi connectivity index (χ0) is 21.6. The topological polar surface area (TPSA) is 3.88 Å². The molecule has 0 aliphatic heterocycles. The van der Waals surface area contributed by atoms with Crippen LogP contribution in [0.4, 0.5) is 0 Å². The quantitative estimate of drug-likeness (QED) is 0.581. The Labute approximate surface area is 147 Å². The Balaban J connectivity index is 2.28. The van der Waals surface area contributed by atoms with Gasteiger partial charge in [-0.1, -0.05) is 36.4 Å². The van der Waals surface area contributed by atoms with Crippen LogP contribution >= 0.6 is 0 Å². The van der Waals surface area contributed by atoms with Crippen LogP contribution in [0.25, 0.3) is 22.4 Å². The van der Waals surface area contributed by atoms with Crippen LogP contribution in [0, 0.1) is 27.6 Å². The fraction of sp³-hybridized carbons (Fsp3) is 0.227. The van der Waals surface area contributed by atoms with E-state index < -0.39 is 13.7 Å². The normalized spacial score (nSPS) is 15.8. The maximum atomic E-state index is 7.97. The minimum atomic E-state index is -2.24. The van der Waals surface area contributed by atoms with Gasteiger partial charge < -0.3 is 0 Å². The zero-order valence-electron chi connectivity index (χ0n) is 19.6. The van der Waals surface area contributed by atoms with Gasteiger partial charge in [-0.25, -0.2) is 4.57 Å². The molecule has 0 aliphatic carbocycles. The van der Waals surface area contributed by atoms with Crippen LogP contribution in [0.5, 0.6) is 0 Å². The monoisotopic (exact) mass is 308 g/mol. The van der Waals surface area contributed by atoms with E-state index in [0.29, 0.717) is 22.3 Å². The molecule has 3 rings (SSSR count). The van der Waals surface area contributed by atoms with Crippen molar-refractivity contribution in [1.82, 2.24) is 0 Å². The van der Waals surface area contributed by atoms with Gasteiger partial charge in [0.2, 0.25) is 5.69 Å². The van der Waals surface area contributed by atoms with Crippen LogP contribution in [0.15, 0.2) is 54.7 Å². The molecule has 0 radical (unpaired) electrons. The molecule has 2 aromatic carbocycles. The summed E-state index contributed by atoms with van der Waals surface area (Å²) in [4.78, 5) is 0. The highest BCUT2D eigenvalue weighted by atomic mass is 14.9. The van der Waals surface area contributed by atoms with Crippen molar-refractivity contribution in [2.45, 2.75) is 27.6 Å². The highest BCUT2D eigenvalue weighted by Gasteiger charge is 2.16. The van der Waals surface area contributed by atoms with Gasteiger partial charge in [-0.3, -0.25) is 0 Å². The first-order valence-corrected chi connectivity index (χ1v) is 7.61. The fourth-order valence-electron chi connectivity index (χ4n) is 2.86. The summed E-state index contributed by atoms with van der Waals surface area (Å²) in [6.45, 7) is -0.755. The molecule has 116 valence electrons. The van der Waals surface area contributed by atoms with Crippen molar-refractivity contribution in [3.8, 4) is 22.4 Å². The summed E-state index contributed by atoms with van der Waals surface area (Å²) in [7, 11) is 1.81. The Kier molecular flexibility index (Phi) is 2.52. The average Bonchev–Trinajstić information content (AvgIpc) is 2.62. The van der Waals surface area contributed by atoms with Gasteiger partial charge in [0.25, 0.3) is 0 Å². The molecule has 1 heterocycles. The summed E-state index contributed by atoms with van der Waals surface area (Å²) < 4.78 is 48.9. The van der Waals surface area contributed by atoms with Gasteiger partial charge in [0.1, 0.15) is 7.05 Å². The number of aryl methyl sites for hydroxylation is 5. The standard InChI is InChI=1S/C22H24N/c1-15-12-22(23(5)14-18(15)4)21-13-20(16(2)11-17(21)3)19-9-7-6-8-10-19/h6-14H,1-5H3/q+1/i2D3,4D3. The van der Waals surface area contributed by atoms with Gasteiger partial charge in [0.15, 0.2) is 6.20 Å². The summed E-state index contributed by atoms with van der Waals surface area (Å²) in [5.74, 6) is 0. The number of aromatic nitrogens is 1. The van der Waals surface area contributed by atoms with Crippen molar-refractivity contribution in [1.29, 1.82) is 0 Å². The summed E-state index contributed by atoms with van der Waals surface area (Å²) in [5, 5.41) is 0. The van der Waals surface area contributed by atoms with E-state index in [0.717, 1.165) is 22.4 Å². The molecular formula is C22H24N+. The minimum absolute atomic E-state index is 0.309. The molecule has 23 heavy (non-hydrogen) atoms. The van der Waals surface area contributed by atoms with E-state index in [1.807, 2.05) is 56.4 Å². The first-order chi connectivity index (χ1) is 13.4. The van der Waals surface area contributed by atoms with Crippen LogP contribution in [0.1, 0.15) is 30.5 Å². The second kappa shape index (κ2) is 6.00. The largest absolute Gasteiger partial charge is 0.212 e. The van der Waals surface area contributed by atoms with Crippen molar-refractivity contribution in [3.63, 3.8) is 0 Å². The highest BCUT2D eigenvalue weighted by molar-refractivity contribution is 5.75. The number of pyridine rings is 1. The van der Waals surface area contributed by atoms with Gasteiger partial charge in [-0.05, 0) is 61.4 Å². The Hall–Kier alpha value is -2.41. The van der Waals surface area contributed by atoms with Gasteiger partial charge in [-0.15, -0.1) is 0 Å². The molecule has 0 saturated heterocycles. The van der Waals surface area contributed by atoms with Gasteiger partial charge in [0.05, 0.1) is 0 Å². The van der Waals surface area contributed by atoms with Crippen molar-refractivity contribution in [2.75, 3.05) is 0 Å². The molecule has 0 fully saturated rings. The molecule has 0 N–H and O–H groups in total. The summed E-state index contributed by atoms with van der Waals surface area (Å²) in [5.41, 5.74) is 5.32. The van der Waals surface area contributed by atoms with Crippen molar-refractivity contribution in [3.05, 3.63) is 77.0 Å². The van der Waals surface area contributed by atoms with Gasteiger partial charge in [0, 0.05) is 25.4 Å². The Morgan fingerprint density at radius 1 is 0.783 bits per heavy atom. The molecule has 0 saturated carbocycles. The molecule has 3 aromatic rings. The van der Waals surface area contributed by atoms with Crippen molar-refractivity contribution < 1.29 is 12.8 Å². The Morgan fingerprint density at radius 2 is 1.52 bits per heavy atom. The number of hydrogen-bond donors (Lipinski definition) is 0. The van der Waals surface area contributed by atoms with Crippen LogP contribution in [0.2, 0.25) is 0 Å². The summed E-state index contributed by atoms with van der Waals surface area (Å²) >= 11 is 0. The third-order valence-corrected chi connectivity index (χ3v) is 4.21. The van der Waals surface area contributed by atoms with E-state index in [1.54, 1.807) is 23.8 Å². The first-order valence-electron chi connectivity index (χ1n) is 10.6. The molecule has 1 nitrogen and oxygen atoms in total. The summed E-state index contributed by atoms with van der Waals surface area (Å²) in [6.07, 6.45) is 1.64. The smallest absolute Gasteiger partial charge is 0.201 e. The molecule has 0 spiro atoms. The molecule has 1 aromatic heterocycles. The van der Waals surface area contributed by atoms with E-state index in [2.05, 4.69) is 0 Å². The first kappa shape index (κ1) is 9.67. The number of nitrogens with zero attached hydrogens (tertiary/aromatic N) is 1. The maximum absolute atomic E-state index is 7.97. The lowest BCUT2D eigenvalue weighted by Gasteiger charge is -2.12. The average molecular weight is 308 g/mol. The van der Waals surface area contributed by atoms with Crippen LogP contribution in [-0.4, -0.2) is 0 Å². The summed E-state index contributed by atoms with van der Waals surface area (Å²) in [6, 6.07) is 14.9. The minimum Gasteiger partial charge on any atom is -0.201 e. The second-order valence-corrected chi connectivity index (χ2v) is 5.95.